The molecule has 110 valence electrons. The number of ether oxygens (including phenoxy) is 1. The summed E-state index contributed by atoms with van der Waals surface area (Å²) in [4.78, 5) is 10.6. The number of alkyl halides is 2. The lowest BCUT2D eigenvalue weighted by Crippen LogP contribution is -2.19. The predicted octanol–water partition coefficient (Wildman–Crippen LogP) is 3.60. The van der Waals surface area contributed by atoms with Gasteiger partial charge in [0.2, 0.25) is 0 Å². The van der Waals surface area contributed by atoms with E-state index in [2.05, 4.69) is 0 Å². The van der Waals surface area contributed by atoms with Gasteiger partial charge >= 0.3 is 5.97 Å². The summed E-state index contributed by atoms with van der Waals surface area (Å²) in [5, 5.41) is 8.65. The van der Waals surface area contributed by atoms with Gasteiger partial charge in [-0.05, 0) is 36.6 Å². The van der Waals surface area contributed by atoms with Gasteiger partial charge in [0.15, 0.2) is 0 Å². The van der Waals surface area contributed by atoms with Crippen molar-refractivity contribution in [1.29, 1.82) is 0 Å². The fourth-order valence-electron chi connectivity index (χ4n) is 2.58. The first-order valence-electron chi connectivity index (χ1n) is 6.67. The van der Waals surface area contributed by atoms with E-state index >= 15 is 0 Å². The third kappa shape index (κ3) is 3.26. The van der Waals surface area contributed by atoms with Crippen molar-refractivity contribution >= 4 is 5.97 Å². The van der Waals surface area contributed by atoms with Gasteiger partial charge in [0.05, 0.1) is 0 Å². The maximum Gasteiger partial charge on any atom is 0.303 e. The number of carboxylic acid groups (broad SMARTS) is 1. The minimum Gasteiger partial charge on any atom is -0.490 e. The quantitative estimate of drug-likeness (QED) is 0.898. The van der Waals surface area contributed by atoms with Gasteiger partial charge in [-0.1, -0.05) is 6.92 Å². The average Bonchev–Trinajstić information content (AvgIpc) is 2.65. The number of carboxylic acids is 1. The van der Waals surface area contributed by atoms with Crippen LogP contribution in [-0.2, 0) is 17.1 Å². The van der Waals surface area contributed by atoms with Crippen molar-refractivity contribution in [2.45, 2.75) is 45.1 Å². The fraction of sp³-hybridized carbons (Fsp3) is 0.533. The normalized spacial score (nSPS) is 19.3. The topological polar surface area (TPSA) is 46.5 Å². The van der Waals surface area contributed by atoms with E-state index in [0.717, 1.165) is 5.56 Å². The molecule has 0 aliphatic carbocycles. The second kappa shape index (κ2) is 5.38. The number of benzene rings is 1. The molecule has 5 heteroatoms. The van der Waals surface area contributed by atoms with Crippen LogP contribution in [0.4, 0.5) is 8.78 Å². The molecular formula is C15H18F2O3. The molecule has 3 nitrogen and oxygen atoms in total. The van der Waals surface area contributed by atoms with Crippen LogP contribution in [0.5, 0.6) is 5.75 Å². The van der Waals surface area contributed by atoms with Crippen molar-refractivity contribution in [2.75, 3.05) is 0 Å². The lowest BCUT2D eigenvalue weighted by atomic mass is 9.93. The Kier molecular flexibility index (Phi) is 3.97. The van der Waals surface area contributed by atoms with Crippen LogP contribution in [0.3, 0.4) is 0 Å². The van der Waals surface area contributed by atoms with Crippen LogP contribution >= 0.6 is 0 Å². The van der Waals surface area contributed by atoms with Crippen molar-refractivity contribution in [3.05, 3.63) is 29.3 Å². The van der Waals surface area contributed by atoms with Crippen molar-refractivity contribution in [2.24, 2.45) is 5.92 Å². The molecule has 0 radical (unpaired) electrons. The van der Waals surface area contributed by atoms with E-state index in [4.69, 9.17) is 9.84 Å². The molecule has 0 amide bonds. The summed E-state index contributed by atoms with van der Waals surface area (Å²) in [5.41, 5.74) is 0.728. The number of halogens is 2. The summed E-state index contributed by atoms with van der Waals surface area (Å²) in [7, 11) is 0. The van der Waals surface area contributed by atoms with E-state index in [0.29, 0.717) is 12.2 Å². The van der Waals surface area contributed by atoms with Crippen LogP contribution in [0, 0.1) is 5.92 Å². The van der Waals surface area contributed by atoms with E-state index < -0.39 is 24.2 Å². The highest BCUT2D eigenvalue weighted by Gasteiger charge is 2.35. The molecule has 2 unspecified atom stereocenters. The van der Waals surface area contributed by atoms with Crippen molar-refractivity contribution < 1.29 is 23.4 Å². The highest BCUT2D eigenvalue weighted by Crippen LogP contribution is 2.39. The molecule has 1 heterocycles. The minimum absolute atomic E-state index is 0.0137. The Morgan fingerprint density at radius 1 is 1.55 bits per heavy atom. The molecule has 0 spiro atoms. The first kappa shape index (κ1) is 14.8. The van der Waals surface area contributed by atoms with Crippen molar-refractivity contribution in [3.63, 3.8) is 0 Å². The fourth-order valence-corrected chi connectivity index (χ4v) is 2.58. The summed E-state index contributed by atoms with van der Waals surface area (Å²) in [6, 6.07) is 4.42. The number of aliphatic carboxylic acids is 1. The van der Waals surface area contributed by atoms with Crippen LogP contribution in [0.25, 0.3) is 0 Å². The average molecular weight is 284 g/mol. The number of hydrogen-bond donors (Lipinski definition) is 1. The van der Waals surface area contributed by atoms with Crippen LogP contribution in [0.2, 0.25) is 0 Å². The first-order chi connectivity index (χ1) is 9.28. The van der Waals surface area contributed by atoms with Gasteiger partial charge in [0, 0.05) is 24.8 Å². The third-order valence-electron chi connectivity index (χ3n) is 3.45. The van der Waals surface area contributed by atoms with Gasteiger partial charge in [-0.2, -0.15) is 0 Å². The van der Waals surface area contributed by atoms with Crippen LogP contribution in [0.1, 0.15) is 37.8 Å². The van der Waals surface area contributed by atoms with E-state index in [1.165, 1.54) is 19.1 Å². The van der Waals surface area contributed by atoms with Crippen LogP contribution in [0.15, 0.2) is 18.2 Å². The SMILES string of the molecule is CC(CC(=O)O)CC(F)(F)c1ccc2c(c1)CC(C)O2. The molecule has 0 saturated heterocycles. The molecule has 0 saturated carbocycles. The summed E-state index contributed by atoms with van der Waals surface area (Å²) >= 11 is 0. The largest absolute Gasteiger partial charge is 0.490 e. The van der Waals surface area contributed by atoms with E-state index in [9.17, 15) is 13.6 Å². The second-order valence-electron chi connectivity index (χ2n) is 5.57. The second-order valence-corrected chi connectivity index (χ2v) is 5.57. The summed E-state index contributed by atoms with van der Waals surface area (Å²) < 4.78 is 33.9. The molecule has 2 atom stereocenters. The lowest BCUT2D eigenvalue weighted by Gasteiger charge is -2.20. The zero-order valence-corrected chi connectivity index (χ0v) is 11.5. The highest BCUT2D eigenvalue weighted by molar-refractivity contribution is 5.66. The van der Waals surface area contributed by atoms with Crippen LogP contribution < -0.4 is 4.74 Å². The van der Waals surface area contributed by atoms with Gasteiger partial charge in [-0.25, -0.2) is 8.78 Å². The van der Waals surface area contributed by atoms with E-state index in [1.807, 2.05) is 6.92 Å². The van der Waals surface area contributed by atoms with Gasteiger partial charge in [-0.15, -0.1) is 0 Å². The van der Waals surface area contributed by atoms with Gasteiger partial charge in [-0.3, -0.25) is 4.79 Å². The number of hydrogen-bond acceptors (Lipinski definition) is 2. The number of rotatable bonds is 5. The van der Waals surface area contributed by atoms with Crippen molar-refractivity contribution in [1.82, 2.24) is 0 Å². The molecule has 1 N–H and O–H groups in total. The Hall–Kier alpha value is -1.65. The van der Waals surface area contributed by atoms with E-state index in [1.54, 1.807) is 6.07 Å². The molecule has 0 bridgehead atoms. The summed E-state index contributed by atoms with van der Waals surface area (Å²) in [6.45, 7) is 3.42. The molecule has 1 aromatic rings. The first-order valence-corrected chi connectivity index (χ1v) is 6.67. The Labute approximate surface area is 116 Å². The zero-order chi connectivity index (χ0) is 14.9. The third-order valence-corrected chi connectivity index (χ3v) is 3.45. The predicted molar refractivity (Wildman–Crippen MR) is 70.2 cm³/mol. The van der Waals surface area contributed by atoms with Crippen LogP contribution in [-0.4, -0.2) is 17.2 Å². The van der Waals surface area contributed by atoms with Gasteiger partial charge in [0.25, 0.3) is 5.92 Å². The number of fused-ring (bicyclic) bond motifs is 1. The molecule has 20 heavy (non-hydrogen) atoms. The van der Waals surface area contributed by atoms with Crippen molar-refractivity contribution in [3.8, 4) is 5.75 Å². The smallest absolute Gasteiger partial charge is 0.303 e. The minimum atomic E-state index is -3.02. The standard InChI is InChI=1S/C15H18F2O3/c1-9(5-14(18)19)8-15(16,17)12-3-4-13-11(7-12)6-10(2)20-13/h3-4,7,9-10H,5-6,8H2,1-2H3,(H,18,19). The maximum absolute atomic E-state index is 14.2. The molecule has 2 rings (SSSR count). The Morgan fingerprint density at radius 2 is 2.25 bits per heavy atom. The highest BCUT2D eigenvalue weighted by atomic mass is 19.3. The molecular weight excluding hydrogens is 266 g/mol. The summed E-state index contributed by atoms with van der Waals surface area (Å²) in [5.74, 6) is -3.98. The molecule has 0 fully saturated rings. The zero-order valence-electron chi connectivity index (χ0n) is 11.5. The Morgan fingerprint density at radius 3 is 2.90 bits per heavy atom. The lowest BCUT2D eigenvalue weighted by molar-refractivity contribution is -0.138. The Bertz CT molecular complexity index is 514. The maximum atomic E-state index is 14.2. The van der Waals surface area contributed by atoms with Gasteiger partial charge < -0.3 is 9.84 Å². The monoisotopic (exact) mass is 284 g/mol. The Balaban J connectivity index is 2.14. The van der Waals surface area contributed by atoms with Gasteiger partial charge in [0.1, 0.15) is 11.9 Å². The molecule has 0 aromatic heterocycles. The number of carbonyl (C=O) groups is 1. The molecule has 1 aliphatic rings. The van der Waals surface area contributed by atoms with E-state index in [-0.39, 0.29) is 18.1 Å². The molecule has 1 aliphatic heterocycles. The summed E-state index contributed by atoms with van der Waals surface area (Å²) in [6.07, 6.45) is -0.0705. The molecule has 1 aromatic carbocycles.